The molecule has 0 unspecified atom stereocenters. The van der Waals surface area contributed by atoms with Gasteiger partial charge in [0.25, 0.3) is 0 Å². The van der Waals surface area contributed by atoms with Crippen LogP contribution in [0.5, 0.6) is 0 Å². The fraction of sp³-hybridized carbons (Fsp3) is 0.833. The first kappa shape index (κ1) is 18.5. The number of rotatable bonds is 9. The standard InChI is InChI=1S/C12H24N2S4/c1-2-3-4-5-6-7-8-9-10-14-12(16)18-17-11(13)15/h2-10H2,1H3,(H2,13,15)(H,14,16). The van der Waals surface area contributed by atoms with Crippen molar-refractivity contribution in [3.63, 3.8) is 0 Å². The molecule has 0 aliphatic carbocycles. The fourth-order valence-corrected chi connectivity index (χ4v) is 3.24. The van der Waals surface area contributed by atoms with E-state index in [0.29, 0.717) is 4.32 Å². The maximum absolute atomic E-state index is 5.37. The zero-order valence-corrected chi connectivity index (χ0v) is 14.3. The third-order valence-corrected chi connectivity index (χ3v) is 5.61. The lowest BCUT2D eigenvalue weighted by atomic mass is 10.1. The van der Waals surface area contributed by atoms with Crippen molar-refractivity contribution in [2.24, 2.45) is 5.73 Å². The SMILES string of the molecule is CCCCCCCCCCNC(=S)SSC(N)=S. The van der Waals surface area contributed by atoms with E-state index in [1.807, 2.05) is 0 Å². The first-order valence-corrected chi connectivity index (χ1v) is 9.55. The van der Waals surface area contributed by atoms with Gasteiger partial charge >= 0.3 is 0 Å². The topological polar surface area (TPSA) is 38.0 Å². The number of hydrogen-bond acceptors (Lipinski definition) is 4. The fourth-order valence-electron chi connectivity index (χ4n) is 1.56. The van der Waals surface area contributed by atoms with Crippen LogP contribution in [0.4, 0.5) is 0 Å². The summed E-state index contributed by atoms with van der Waals surface area (Å²) >= 11 is 9.90. The molecule has 0 bridgehead atoms. The Bertz CT molecular complexity index is 234. The number of thiocarbonyl (C=S) groups is 2. The van der Waals surface area contributed by atoms with E-state index in [1.165, 1.54) is 73.0 Å². The minimum atomic E-state index is 0.427. The third-order valence-electron chi connectivity index (χ3n) is 2.50. The Balaban J connectivity index is 3.15. The maximum Gasteiger partial charge on any atom is 0.144 e. The van der Waals surface area contributed by atoms with Gasteiger partial charge in [0.1, 0.15) is 8.64 Å². The van der Waals surface area contributed by atoms with E-state index in [0.717, 1.165) is 10.9 Å². The molecule has 3 N–H and O–H groups in total. The second-order valence-corrected chi connectivity index (χ2v) is 7.72. The Hall–Kier alpha value is 0.480. The predicted molar refractivity (Wildman–Crippen MR) is 95.2 cm³/mol. The largest absolute Gasteiger partial charge is 0.384 e. The van der Waals surface area contributed by atoms with Gasteiger partial charge in [0.05, 0.1) is 0 Å². The molecular weight excluding hydrogens is 300 g/mol. The molecule has 106 valence electrons. The second-order valence-electron chi connectivity index (χ2n) is 4.17. The van der Waals surface area contributed by atoms with Gasteiger partial charge in [-0.15, -0.1) is 0 Å². The van der Waals surface area contributed by atoms with Gasteiger partial charge in [0.15, 0.2) is 0 Å². The number of unbranched alkanes of at least 4 members (excludes halogenated alkanes) is 7. The van der Waals surface area contributed by atoms with E-state index in [9.17, 15) is 0 Å². The molecule has 2 nitrogen and oxygen atoms in total. The molecule has 0 radical (unpaired) electrons. The first-order chi connectivity index (χ1) is 8.66. The Morgan fingerprint density at radius 2 is 1.50 bits per heavy atom. The average Bonchev–Trinajstić information content (AvgIpc) is 2.34. The van der Waals surface area contributed by atoms with Crippen molar-refractivity contribution in [1.29, 1.82) is 0 Å². The van der Waals surface area contributed by atoms with Crippen molar-refractivity contribution >= 4 is 54.7 Å². The van der Waals surface area contributed by atoms with Gasteiger partial charge in [-0.3, -0.25) is 0 Å². The van der Waals surface area contributed by atoms with Gasteiger partial charge in [-0.1, -0.05) is 76.3 Å². The molecule has 0 spiro atoms. The average molecular weight is 325 g/mol. The van der Waals surface area contributed by atoms with Crippen LogP contribution in [0.25, 0.3) is 0 Å². The molecule has 0 saturated heterocycles. The number of nitrogens with one attached hydrogen (secondary N) is 1. The lowest BCUT2D eigenvalue weighted by molar-refractivity contribution is 0.573. The molecule has 18 heavy (non-hydrogen) atoms. The number of nitrogens with two attached hydrogens (primary N) is 1. The van der Waals surface area contributed by atoms with Gasteiger partial charge in [-0.25, -0.2) is 0 Å². The van der Waals surface area contributed by atoms with Crippen LogP contribution >= 0.6 is 46.0 Å². The summed E-state index contributed by atoms with van der Waals surface area (Å²) in [6.07, 6.45) is 10.7. The van der Waals surface area contributed by atoms with E-state index < -0.39 is 0 Å². The van der Waals surface area contributed by atoms with Crippen molar-refractivity contribution in [2.75, 3.05) is 6.54 Å². The lowest BCUT2D eigenvalue weighted by Crippen LogP contribution is -2.19. The van der Waals surface area contributed by atoms with E-state index >= 15 is 0 Å². The van der Waals surface area contributed by atoms with Crippen LogP contribution in [0.15, 0.2) is 0 Å². The van der Waals surface area contributed by atoms with Crippen molar-refractivity contribution in [3.05, 3.63) is 0 Å². The summed E-state index contributed by atoms with van der Waals surface area (Å²) in [5, 5.41) is 3.21. The normalized spacial score (nSPS) is 10.3. The van der Waals surface area contributed by atoms with Crippen molar-refractivity contribution in [2.45, 2.75) is 58.3 Å². The van der Waals surface area contributed by atoms with Crippen LogP contribution in [-0.2, 0) is 0 Å². The Labute approximate surface area is 130 Å². The molecular formula is C12H24N2S4. The van der Waals surface area contributed by atoms with E-state index in [4.69, 9.17) is 30.2 Å². The number of hydrogen-bond donors (Lipinski definition) is 2. The van der Waals surface area contributed by atoms with Gasteiger partial charge in [-0.05, 0) is 28.0 Å². The molecule has 0 saturated carbocycles. The minimum Gasteiger partial charge on any atom is -0.384 e. The third kappa shape index (κ3) is 14.5. The highest BCUT2D eigenvalue weighted by Gasteiger charge is 1.99. The smallest absolute Gasteiger partial charge is 0.144 e. The summed E-state index contributed by atoms with van der Waals surface area (Å²) in [5.74, 6) is 0. The molecule has 0 fully saturated rings. The van der Waals surface area contributed by atoms with Crippen molar-refractivity contribution in [1.82, 2.24) is 5.32 Å². The maximum atomic E-state index is 5.37. The monoisotopic (exact) mass is 324 g/mol. The Morgan fingerprint density at radius 3 is 2.06 bits per heavy atom. The Morgan fingerprint density at radius 1 is 0.944 bits per heavy atom. The van der Waals surface area contributed by atoms with Crippen LogP contribution in [-0.4, -0.2) is 15.2 Å². The van der Waals surface area contributed by atoms with Crippen molar-refractivity contribution < 1.29 is 0 Å². The molecule has 6 heteroatoms. The second kappa shape index (κ2) is 13.9. The van der Waals surface area contributed by atoms with Gasteiger partial charge in [-0.2, -0.15) is 0 Å². The molecule has 0 aliphatic heterocycles. The van der Waals surface area contributed by atoms with Gasteiger partial charge in [0.2, 0.25) is 0 Å². The summed E-state index contributed by atoms with van der Waals surface area (Å²) in [6, 6.07) is 0. The zero-order chi connectivity index (χ0) is 13.6. The van der Waals surface area contributed by atoms with E-state index in [2.05, 4.69) is 12.2 Å². The predicted octanol–water partition coefficient (Wildman–Crippen LogP) is 4.63. The highest BCUT2D eigenvalue weighted by atomic mass is 33.1. The molecule has 0 aromatic carbocycles. The molecule has 0 heterocycles. The summed E-state index contributed by atoms with van der Waals surface area (Å²) in [7, 11) is 2.77. The first-order valence-electron chi connectivity index (χ1n) is 6.58. The zero-order valence-electron chi connectivity index (χ0n) is 11.1. The van der Waals surface area contributed by atoms with E-state index in [-0.39, 0.29) is 0 Å². The van der Waals surface area contributed by atoms with Crippen LogP contribution in [0.1, 0.15) is 58.3 Å². The molecule has 0 aromatic rings. The van der Waals surface area contributed by atoms with E-state index in [1.54, 1.807) is 0 Å². The van der Waals surface area contributed by atoms with Crippen LogP contribution in [0, 0.1) is 0 Å². The van der Waals surface area contributed by atoms with Crippen LogP contribution in [0.2, 0.25) is 0 Å². The summed E-state index contributed by atoms with van der Waals surface area (Å²) in [4.78, 5) is 0. The van der Waals surface area contributed by atoms with Gasteiger partial charge in [0, 0.05) is 6.54 Å². The highest BCUT2D eigenvalue weighted by molar-refractivity contribution is 8.89. The summed E-state index contributed by atoms with van der Waals surface area (Å²) in [6.45, 7) is 3.21. The molecule has 0 atom stereocenters. The van der Waals surface area contributed by atoms with Crippen LogP contribution < -0.4 is 11.1 Å². The molecule has 0 aromatic heterocycles. The quantitative estimate of drug-likeness (QED) is 0.366. The van der Waals surface area contributed by atoms with Crippen molar-refractivity contribution in [3.8, 4) is 0 Å². The lowest BCUT2D eigenvalue weighted by Gasteiger charge is -2.06. The Kier molecular flexibility index (Phi) is 14.3. The summed E-state index contributed by atoms with van der Waals surface area (Å²) in [5.41, 5.74) is 5.37. The summed E-state index contributed by atoms with van der Waals surface area (Å²) < 4.78 is 1.20. The highest BCUT2D eigenvalue weighted by Crippen LogP contribution is 2.21. The molecule has 0 aliphatic rings. The van der Waals surface area contributed by atoms with Crippen LogP contribution in [0.3, 0.4) is 0 Å². The van der Waals surface area contributed by atoms with Gasteiger partial charge < -0.3 is 11.1 Å². The minimum absolute atomic E-state index is 0.427. The molecule has 0 rings (SSSR count). The molecule has 0 amide bonds.